The molecule has 1 unspecified atom stereocenters. The van der Waals surface area contributed by atoms with Crippen molar-refractivity contribution in [3.05, 3.63) is 0 Å². The minimum atomic E-state index is -0.604. The van der Waals surface area contributed by atoms with Crippen LogP contribution in [0.2, 0.25) is 0 Å². The van der Waals surface area contributed by atoms with Gasteiger partial charge in [0, 0.05) is 18.5 Å². The Bertz CT molecular complexity index is 184. The standard InChI is InChI=1S/C7H11NO2/c1-8-3-7(4-8)2-5(7)6(9)10/h5H,2-4H2,1H3,(H,9,10). The summed E-state index contributed by atoms with van der Waals surface area (Å²) < 4.78 is 0. The fourth-order valence-corrected chi connectivity index (χ4v) is 2.08. The number of carbonyl (C=O) groups is 1. The molecule has 0 aromatic carbocycles. The fourth-order valence-electron chi connectivity index (χ4n) is 2.08. The smallest absolute Gasteiger partial charge is 0.307 e. The number of likely N-dealkylation sites (tertiary alicyclic amines) is 1. The fraction of sp³-hybridized carbons (Fsp3) is 0.857. The van der Waals surface area contributed by atoms with E-state index in [4.69, 9.17) is 5.11 Å². The minimum absolute atomic E-state index is 0.0244. The summed E-state index contributed by atoms with van der Waals surface area (Å²) in [7, 11) is 2.03. The molecule has 0 radical (unpaired) electrons. The van der Waals surface area contributed by atoms with Crippen molar-refractivity contribution < 1.29 is 9.90 Å². The van der Waals surface area contributed by atoms with Gasteiger partial charge in [-0.3, -0.25) is 4.79 Å². The van der Waals surface area contributed by atoms with Gasteiger partial charge >= 0.3 is 5.97 Å². The molecule has 3 nitrogen and oxygen atoms in total. The zero-order valence-corrected chi connectivity index (χ0v) is 6.00. The molecule has 1 N–H and O–H groups in total. The van der Waals surface area contributed by atoms with Crippen LogP contribution in [-0.4, -0.2) is 36.1 Å². The number of aliphatic carboxylic acids is 1. The Hall–Kier alpha value is -0.570. The third-order valence-corrected chi connectivity index (χ3v) is 2.66. The molecule has 0 aromatic rings. The maximum atomic E-state index is 10.5. The zero-order chi connectivity index (χ0) is 7.35. The van der Waals surface area contributed by atoms with E-state index in [0.717, 1.165) is 19.5 Å². The third-order valence-electron chi connectivity index (χ3n) is 2.66. The molecule has 1 aliphatic heterocycles. The lowest BCUT2D eigenvalue weighted by atomic mass is 9.95. The first kappa shape index (κ1) is 6.16. The Balaban J connectivity index is 1.96. The van der Waals surface area contributed by atoms with Crippen molar-refractivity contribution in [1.29, 1.82) is 0 Å². The third kappa shape index (κ3) is 0.611. The molecule has 1 saturated carbocycles. The van der Waals surface area contributed by atoms with Crippen LogP contribution in [0, 0.1) is 11.3 Å². The molecule has 1 saturated heterocycles. The maximum Gasteiger partial charge on any atom is 0.307 e. The van der Waals surface area contributed by atoms with Crippen molar-refractivity contribution >= 4 is 5.97 Å². The number of hydrogen-bond donors (Lipinski definition) is 1. The normalized spacial score (nSPS) is 35.5. The van der Waals surface area contributed by atoms with Crippen molar-refractivity contribution in [3.63, 3.8) is 0 Å². The van der Waals surface area contributed by atoms with E-state index in [0.29, 0.717) is 0 Å². The first-order chi connectivity index (χ1) is 4.64. The Morgan fingerprint density at radius 3 is 2.60 bits per heavy atom. The van der Waals surface area contributed by atoms with E-state index in [1.807, 2.05) is 7.05 Å². The lowest BCUT2D eigenvalue weighted by Crippen LogP contribution is -2.47. The van der Waals surface area contributed by atoms with E-state index in [9.17, 15) is 4.79 Å². The molecule has 0 bridgehead atoms. The summed E-state index contributed by atoms with van der Waals surface area (Å²) in [5, 5.41) is 8.62. The molecule has 0 aromatic heterocycles. The van der Waals surface area contributed by atoms with E-state index in [-0.39, 0.29) is 11.3 Å². The van der Waals surface area contributed by atoms with Crippen LogP contribution >= 0.6 is 0 Å². The molecule has 1 atom stereocenters. The highest BCUT2D eigenvalue weighted by atomic mass is 16.4. The summed E-state index contributed by atoms with van der Waals surface area (Å²) in [5.74, 6) is -0.628. The van der Waals surface area contributed by atoms with Gasteiger partial charge in [0.05, 0.1) is 5.92 Å². The molecule has 2 fully saturated rings. The number of nitrogens with zero attached hydrogens (tertiary/aromatic N) is 1. The SMILES string of the molecule is CN1CC2(CC2C(=O)O)C1. The summed E-state index contributed by atoms with van der Waals surface area (Å²) in [5.41, 5.74) is 0.209. The van der Waals surface area contributed by atoms with Crippen molar-refractivity contribution in [3.8, 4) is 0 Å². The quantitative estimate of drug-likeness (QED) is 0.559. The van der Waals surface area contributed by atoms with Gasteiger partial charge in [-0.25, -0.2) is 0 Å². The van der Waals surface area contributed by atoms with E-state index in [1.54, 1.807) is 0 Å². The molecular formula is C7H11NO2. The second-order valence-corrected chi connectivity index (χ2v) is 3.63. The van der Waals surface area contributed by atoms with Crippen LogP contribution in [0.4, 0.5) is 0 Å². The highest BCUT2D eigenvalue weighted by Crippen LogP contribution is 2.58. The highest BCUT2D eigenvalue weighted by Gasteiger charge is 2.63. The monoisotopic (exact) mass is 141 g/mol. The van der Waals surface area contributed by atoms with Crippen LogP contribution in [0.25, 0.3) is 0 Å². The summed E-state index contributed by atoms with van der Waals surface area (Å²) in [6.07, 6.45) is 0.909. The first-order valence-corrected chi connectivity index (χ1v) is 3.55. The largest absolute Gasteiger partial charge is 0.481 e. The van der Waals surface area contributed by atoms with Crippen molar-refractivity contribution in [2.24, 2.45) is 11.3 Å². The van der Waals surface area contributed by atoms with Crippen molar-refractivity contribution in [2.75, 3.05) is 20.1 Å². The average Bonchev–Trinajstić information content (AvgIpc) is 2.40. The van der Waals surface area contributed by atoms with Gasteiger partial charge in [-0.15, -0.1) is 0 Å². The van der Waals surface area contributed by atoms with Gasteiger partial charge in [-0.2, -0.15) is 0 Å². The predicted octanol–water partition coefficient (Wildman–Crippen LogP) is 0.0227. The summed E-state index contributed by atoms with van der Waals surface area (Å²) >= 11 is 0. The highest BCUT2D eigenvalue weighted by molar-refractivity contribution is 5.75. The van der Waals surface area contributed by atoms with Crippen molar-refractivity contribution in [1.82, 2.24) is 4.90 Å². The predicted molar refractivity (Wildman–Crippen MR) is 35.7 cm³/mol. The van der Waals surface area contributed by atoms with Crippen LogP contribution in [0.5, 0.6) is 0 Å². The topological polar surface area (TPSA) is 40.5 Å². The molecule has 2 rings (SSSR count). The summed E-state index contributed by atoms with van der Waals surface area (Å²) in [6, 6.07) is 0. The molecule has 56 valence electrons. The first-order valence-electron chi connectivity index (χ1n) is 3.55. The van der Waals surface area contributed by atoms with Crippen LogP contribution in [0.1, 0.15) is 6.42 Å². The molecule has 10 heavy (non-hydrogen) atoms. The Kier molecular flexibility index (Phi) is 0.944. The maximum absolute atomic E-state index is 10.5. The number of carboxylic acids is 1. The van der Waals surface area contributed by atoms with Crippen LogP contribution in [0.3, 0.4) is 0 Å². The van der Waals surface area contributed by atoms with Crippen molar-refractivity contribution in [2.45, 2.75) is 6.42 Å². The van der Waals surface area contributed by atoms with Crippen LogP contribution in [-0.2, 0) is 4.79 Å². The molecule has 2 aliphatic rings. The number of rotatable bonds is 1. The molecule has 1 spiro atoms. The Morgan fingerprint density at radius 1 is 1.70 bits per heavy atom. The second kappa shape index (κ2) is 1.53. The Morgan fingerprint density at radius 2 is 2.30 bits per heavy atom. The molecule has 3 heteroatoms. The lowest BCUT2D eigenvalue weighted by molar-refractivity contribution is -0.140. The van der Waals surface area contributed by atoms with E-state index in [1.165, 1.54) is 0 Å². The van der Waals surface area contributed by atoms with Gasteiger partial charge in [-0.05, 0) is 13.5 Å². The second-order valence-electron chi connectivity index (χ2n) is 3.63. The van der Waals surface area contributed by atoms with Crippen LogP contribution < -0.4 is 0 Å². The van der Waals surface area contributed by atoms with Gasteiger partial charge in [0.25, 0.3) is 0 Å². The molecule has 0 amide bonds. The van der Waals surface area contributed by atoms with Gasteiger partial charge in [0.15, 0.2) is 0 Å². The molecular weight excluding hydrogens is 130 g/mol. The van der Waals surface area contributed by atoms with E-state index < -0.39 is 5.97 Å². The number of hydrogen-bond acceptors (Lipinski definition) is 2. The number of carboxylic acid groups (broad SMARTS) is 1. The van der Waals surface area contributed by atoms with E-state index in [2.05, 4.69) is 4.90 Å². The lowest BCUT2D eigenvalue weighted by Gasteiger charge is -2.37. The van der Waals surface area contributed by atoms with E-state index >= 15 is 0 Å². The van der Waals surface area contributed by atoms with Gasteiger partial charge < -0.3 is 10.0 Å². The van der Waals surface area contributed by atoms with Crippen LogP contribution in [0.15, 0.2) is 0 Å². The minimum Gasteiger partial charge on any atom is -0.481 e. The summed E-state index contributed by atoms with van der Waals surface area (Å²) in [6.45, 7) is 1.98. The van der Waals surface area contributed by atoms with Gasteiger partial charge in [-0.1, -0.05) is 0 Å². The van der Waals surface area contributed by atoms with Gasteiger partial charge in [0.2, 0.25) is 0 Å². The average molecular weight is 141 g/mol. The Labute approximate surface area is 59.6 Å². The molecule has 1 aliphatic carbocycles. The van der Waals surface area contributed by atoms with Gasteiger partial charge in [0.1, 0.15) is 0 Å². The molecule has 1 heterocycles. The summed E-state index contributed by atoms with van der Waals surface area (Å²) in [4.78, 5) is 12.6. The zero-order valence-electron chi connectivity index (χ0n) is 6.00.